The molecule has 11 nitrogen and oxygen atoms in total. The van der Waals surface area contributed by atoms with Crippen LogP contribution in [0.15, 0.2) is 59.9 Å². The number of aliphatic imine (C=N–C) groups is 1. The first kappa shape index (κ1) is 24.2. The summed E-state index contributed by atoms with van der Waals surface area (Å²) < 4.78 is 0. The number of H-pyrrole nitrogens is 1. The number of carbonyl (C=O) groups excluding carboxylic acids is 3. The molecule has 0 aliphatic rings. The Hall–Kier alpha value is -4.41. The lowest BCUT2D eigenvalue weighted by Gasteiger charge is -2.22. The number of primary amides is 1. The average Bonchev–Trinajstić information content (AvgIpc) is 3.28. The zero-order chi connectivity index (χ0) is 24.5. The molecule has 0 radical (unpaired) electrons. The van der Waals surface area contributed by atoms with Gasteiger partial charge in [-0.2, -0.15) is 0 Å². The van der Waals surface area contributed by atoms with Crippen molar-refractivity contribution < 1.29 is 14.4 Å². The highest BCUT2D eigenvalue weighted by Gasteiger charge is 2.26. The van der Waals surface area contributed by atoms with Gasteiger partial charge in [0.05, 0.1) is 17.4 Å². The van der Waals surface area contributed by atoms with Gasteiger partial charge in [0.15, 0.2) is 5.96 Å². The van der Waals surface area contributed by atoms with Gasteiger partial charge in [-0.15, -0.1) is 0 Å². The van der Waals surface area contributed by atoms with Gasteiger partial charge in [-0.3, -0.25) is 19.4 Å². The molecule has 11 heteroatoms. The lowest BCUT2D eigenvalue weighted by atomic mass is 10.0. The van der Waals surface area contributed by atoms with Crippen LogP contribution in [0.1, 0.15) is 28.8 Å². The topological polar surface area (TPSA) is 194 Å². The molecule has 0 saturated heterocycles. The standard InChI is InChI=1S/C23H28N8O3/c24-20(32)19(11-14-5-2-1-3-6-14)31-22(34)17(7-4-10-27-23(25)26)30-21(33)15-8-9-16-18(12-15)29-13-28-16/h1-3,5-6,8-9,12-13,17,19H,4,7,10-11H2,(H2,24,32)(H,28,29)(H,30,33)(H,31,34)(H4,25,26,27)/t17-,19-/m0/s1. The fraction of sp³-hybridized carbons (Fsp3) is 0.261. The van der Waals surface area contributed by atoms with E-state index < -0.39 is 29.8 Å². The summed E-state index contributed by atoms with van der Waals surface area (Å²) in [5, 5.41) is 5.41. The number of guanidine groups is 1. The lowest BCUT2D eigenvalue weighted by Crippen LogP contribution is -2.53. The van der Waals surface area contributed by atoms with E-state index in [1.807, 2.05) is 30.3 Å². The molecule has 178 valence electrons. The van der Waals surface area contributed by atoms with E-state index in [9.17, 15) is 14.4 Å². The van der Waals surface area contributed by atoms with Crippen LogP contribution in [-0.4, -0.2) is 52.3 Å². The predicted octanol–water partition coefficient (Wildman–Crippen LogP) is -0.0723. The third-order valence-corrected chi connectivity index (χ3v) is 5.19. The minimum Gasteiger partial charge on any atom is -0.370 e. The van der Waals surface area contributed by atoms with Gasteiger partial charge in [-0.05, 0) is 36.6 Å². The Bertz CT molecular complexity index is 1170. The van der Waals surface area contributed by atoms with E-state index in [1.165, 1.54) is 6.33 Å². The van der Waals surface area contributed by atoms with Crippen LogP contribution < -0.4 is 27.8 Å². The number of nitrogens with two attached hydrogens (primary N) is 3. The molecule has 34 heavy (non-hydrogen) atoms. The first-order valence-corrected chi connectivity index (χ1v) is 10.8. The molecule has 0 bridgehead atoms. The number of aromatic amines is 1. The molecule has 0 spiro atoms. The molecule has 2 atom stereocenters. The molecule has 0 saturated carbocycles. The van der Waals surface area contributed by atoms with E-state index in [-0.39, 0.29) is 25.3 Å². The number of nitrogens with zero attached hydrogens (tertiary/aromatic N) is 2. The first-order valence-electron chi connectivity index (χ1n) is 10.8. The maximum atomic E-state index is 13.1. The highest BCUT2D eigenvalue weighted by Crippen LogP contribution is 2.12. The van der Waals surface area contributed by atoms with Crippen LogP contribution in [0.4, 0.5) is 0 Å². The minimum atomic E-state index is -0.937. The van der Waals surface area contributed by atoms with Crippen molar-refractivity contribution in [2.45, 2.75) is 31.3 Å². The van der Waals surface area contributed by atoms with Crippen LogP contribution in [0.25, 0.3) is 11.0 Å². The molecule has 0 fully saturated rings. The summed E-state index contributed by atoms with van der Waals surface area (Å²) in [6.45, 7) is 0.283. The van der Waals surface area contributed by atoms with E-state index in [2.05, 4.69) is 25.6 Å². The van der Waals surface area contributed by atoms with Gasteiger partial charge < -0.3 is 32.8 Å². The van der Waals surface area contributed by atoms with E-state index in [0.717, 1.165) is 5.56 Å². The zero-order valence-corrected chi connectivity index (χ0v) is 18.5. The van der Waals surface area contributed by atoms with Crippen molar-refractivity contribution in [3.8, 4) is 0 Å². The van der Waals surface area contributed by atoms with E-state index in [0.29, 0.717) is 23.0 Å². The Balaban J connectivity index is 1.72. The number of nitrogens with one attached hydrogen (secondary N) is 3. The van der Waals surface area contributed by atoms with Gasteiger partial charge in [0.2, 0.25) is 11.8 Å². The van der Waals surface area contributed by atoms with Crippen LogP contribution in [0.3, 0.4) is 0 Å². The Morgan fingerprint density at radius 1 is 1.00 bits per heavy atom. The lowest BCUT2D eigenvalue weighted by molar-refractivity contribution is -0.128. The van der Waals surface area contributed by atoms with Crippen molar-refractivity contribution in [3.05, 3.63) is 66.0 Å². The number of carbonyl (C=O) groups is 3. The summed E-state index contributed by atoms with van der Waals surface area (Å²) in [5.41, 5.74) is 18.8. The van der Waals surface area contributed by atoms with Crippen LogP contribution in [-0.2, 0) is 16.0 Å². The highest BCUT2D eigenvalue weighted by atomic mass is 16.2. The maximum absolute atomic E-state index is 13.1. The fourth-order valence-corrected chi connectivity index (χ4v) is 3.44. The largest absolute Gasteiger partial charge is 0.370 e. The van der Waals surface area contributed by atoms with E-state index in [1.54, 1.807) is 18.2 Å². The van der Waals surface area contributed by atoms with Crippen molar-refractivity contribution >= 4 is 34.7 Å². The van der Waals surface area contributed by atoms with Gasteiger partial charge in [0.1, 0.15) is 12.1 Å². The number of benzene rings is 2. The van der Waals surface area contributed by atoms with Crippen molar-refractivity contribution in [1.29, 1.82) is 0 Å². The number of fused-ring (bicyclic) bond motifs is 1. The molecular weight excluding hydrogens is 436 g/mol. The maximum Gasteiger partial charge on any atom is 0.252 e. The van der Waals surface area contributed by atoms with Crippen molar-refractivity contribution in [2.24, 2.45) is 22.2 Å². The Morgan fingerprint density at radius 3 is 2.47 bits per heavy atom. The summed E-state index contributed by atoms with van der Waals surface area (Å²) in [4.78, 5) is 49.0. The summed E-state index contributed by atoms with van der Waals surface area (Å²) in [5.74, 6) is -1.71. The van der Waals surface area contributed by atoms with Crippen LogP contribution in [0.5, 0.6) is 0 Å². The van der Waals surface area contributed by atoms with Gasteiger partial charge >= 0.3 is 0 Å². The van der Waals surface area contributed by atoms with Crippen molar-refractivity contribution in [1.82, 2.24) is 20.6 Å². The summed E-state index contributed by atoms with van der Waals surface area (Å²) in [7, 11) is 0. The summed E-state index contributed by atoms with van der Waals surface area (Å²) in [6, 6.07) is 12.3. The van der Waals surface area contributed by atoms with Crippen LogP contribution in [0, 0.1) is 0 Å². The summed E-state index contributed by atoms with van der Waals surface area (Å²) >= 11 is 0. The number of imidazole rings is 1. The van der Waals surface area contributed by atoms with Gasteiger partial charge in [-0.1, -0.05) is 30.3 Å². The second-order valence-corrected chi connectivity index (χ2v) is 7.76. The third kappa shape index (κ3) is 6.79. The van der Waals surface area contributed by atoms with E-state index >= 15 is 0 Å². The van der Waals surface area contributed by atoms with E-state index in [4.69, 9.17) is 17.2 Å². The predicted molar refractivity (Wildman–Crippen MR) is 129 cm³/mol. The Morgan fingerprint density at radius 2 is 1.76 bits per heavy atom. The molecule has 0 aliphatic heterocycles. The van der Waals surface area contributed by atoms with Crippen molar-refractivity contribution in [2.75, 3.05) is 6.54 Å². The average molecular weight is 465 g/mol. The molecule has 1 aromatic heterocycles. The molecule has 0 aliphatic carbocycles. The van der Waals surface area contributed by atoms with Gasteiger partial charge in [0.25, 0.3) is 5.91 Å². The number of aromatic nitrogens is 2. The molecular formula is C23H28N8O3. The number of hydrogen-bond donors (Lipinski definition) is 6. The van der Waals surface area contributed by atoms with Crippen molar-refractivity contribution in [3.63, 3.8) is 0 Å². The second kappa shape index (κ2) is 11.5. The number of hydrogen-bond acceptors (Lipinski definition) is 5. The van der Waals surface area contributed by atoms with Crippen LogP contribution in [0.2, 0.25) is 0 Å². The highest BCUT2D eigenvalue weighted by molar-refractivity contribution is 6.00. The minimum absolute atomic E-state index is 0.0606. The van der Waals surface area contributed by atoms with Gasteiger partial charge in [-0.25, -0.2) is 4.98 Å². The Labute approximate surface area is 196 Å². The molecule has 2 aromatic carbocycles. The normalized spacial score (nSPS) is 12.5. The molecule has 3 rings (SSSR count). The monoisotopic (exact) mass is 464 g/mol. The van der Waals surface area contributed by atoms with Crippen LogP contribution >= 0.6 is 0 Å². The molecule has 3 aromatic rings. The smallest absolute Gasteiger partial charge is 0.252 e. The molecule has 0 unspecified atom stereocenters. The Kier molecular flexibility index (Phi) is 8.16. The number of amides is 3. The third-order valence-electron chi connectivity index (χ3n) is 5.19. The number of rotatable bonds is 11. The quantitative estimate of drug-likeness (QED) is 0.130. The SMILES string of the molecule is NC(=O)[C@H](Cc1ccccc1)NC(=O)[C@H](CCCN=C(N)N)NC(=O)c1ccc2nc[nH]c2c1. The molecule has 9 N–H and O–H groups in total. The summed E-state index contributed by atoms with van der Waals surface area (Å²) in [6.07, 6.45) is 2.43. The van der Waals surface area contributed by atoms with Gasteiger partial charge in [0, 0.05) is 18.5 Å². The molecule has 3 amide bonds. The zero-order valence-electron chi connectivity index (χ0n) is 18.5. The second-order valence-electron chi connectivity index (χ2n) is 7.76. The molecule has 1 heterocycles. The first-order chi connectivity index (χ1) is 16.3. The fourth-order valence-electron chi connectivity index (χ4n) is 3.44.